The summed E-state index contributed by atoms with van der Waals surface area (Å²) in [6, 6.07) is 12.6. The Bertz CT molecular complexity index is 724. The Labute approximate surface area is 104 Å². The number of hydrogen-bond donors (Lipinski definition) is 1. The molecule has 0 bridgehead atoms. The second kappa shape index (κ2) is 4.35. The number of aromatic nitrogens is 1. The highest BCUT2D eigenvalue weighted by Crippen LogP contribution is 2.22. The zero-order valence-corrected chi connectivity index (χ0v) is 9.81. The van der Waals surface area contributed by atoms with E-state index in [4.69, 9.17) is 5.11 Å². The van der Waals surface area contributed by atoms with E-state index in [1.54, 1.807) is 12.1 Å². The Morgan fingerprint density at radius 2 is 1.89 bits per heavy atom. The van der Waals surface area contributed by atoms with E-state index in [2.05, 4.69) is 0 Å². The fourth-order valence-corrected chi connectivity index (χ4v) is 2.36. The number of nitrogens with zero attached hydrogens (tertiary/aromatic N) is 1. The van der Waals surface area contributed by atoms with E-state index in [0.29, 0.717) is 6.54 Å². The third-order valence-electron chi connectivity index (χ3n) is 3.15. The summed E-state index contributed by atoms with van der Waals surface area (Å²) in [4.78, 5) is 0. The minimum absolute atomic E-state index is 0.0650. The number of aliphatic hydroxyl groups excluding tert-OH is 1. The van der Waals surface area contributed by atoms with Crippen molar-refractivity contribution in [1.82, 2.24) is 0 Å². The monoisotopic (exact) mass is 242 g/mol. The molecule has 0 spiro atoms. The van der Waals surface area contributed by atoms with Crippen LogP contribution in [0.4, 0.5) is 4.39 Å². The fraction of sp³-hybridized carbons (Fsp3) is 0.133. The highest BCUT2D eigenvalue weighted by atomic mass is 19.1. The Morgan fingerprint density at radius 3 is 2.72 bits per heavy atom. The van der Waals surface area contributed by atoms with Crippen LogP contribution >= 0.6 is 0 Å². The Kier molecular flexibility index (Phi) is 2.68. The van der Waals surface area contributed by atoms with E-state index in [9.17, 15) is 4.39 Å². The topological polar surface area (TPSA) is 24.1 Å². The van der Waals surface area contributed by atoms with Crippen LogP contribution in [-0.2, 0) is 6.54 Å². The van der Waals surface area contributed by atoms with Crippen LogP contribution in [0.25, 0.3) is 21.7 Å². The second-order valence-electron chi connectivity index (χ2n) is 4.29. The average molecular weight is 242 g/mol. The van der Waals surface area contributed by atoms with Crippen LogP contribution in [0.15, 0.2) is 48.7 Å². The molecule has 1 heterocycles. The van der Waals surface area contributed by atoms with E-state index < -0.39 is 0 Å². The smallest absolute Gasteiger partial charge is 0.213 e. The van der Waals surface area contributed by atoms with Gasteiger partial charge in [-0.05, 0) is 18.2 Å². The minimum atomic E-state index is -0.241. The summed E-state index contributed by atoms with van der Waals surface area (Å²) in [6.07, 6.45) is 1.99. The fourth-order valence-electron chi connectivity index (χ4n) is 2.36. The molecule has 1 N–H and O–H groups in total. The van der Waals surface area contributed by atoms with Crippen molar-refractivity contribution >= 4 is 21.7 Å². The summed E-state index contributed by atoms with van der Waals surface area (Å²) in [6.45, 7) is 0.572. The van der Waals surface area contributed by atoms with Crippen molar-refractivity contribution in [2.24, 2.45) is 0 Å². The molecule has 0 aliphatic carbocycles. The molecule has 3 rings (SSSR count). The minimum Gasteiger partial charge on any atom is -0.390 e. The van der Waals surface area contributed by atoms with Crippen molar-refractivity contribution in [3.05, 3.63) is 54.5 Å². The summed E-state index contributed by atoms with van der Waals surface area (Å²) in [7, 11) is 0. The van der Waals surface area contributed by atoms with Gasteiger partial charge in [-0.1, -0.05) is 18.2 Å². The summed E-state index contributed by atoms with van der Waals surface area (Å²) in [5.74, 6) is -0.241. The largest absolute Gasteiger partial charge is 0.390 e. The Balaban J connectivity index is 2.46. The lowest BCUT2D eigenvalue weighted by Gasteiger charge is -2.04. The Hall–Kier alpha value is -2.00. The van der Waals surface area contributed by atoms with Crippen molar-refractivity contribution in [3.8, 4) is 0 Å². The Morgan fingerprint density at radius 1 is 1.06 bits per heavy atom. The summed E-state index contributed by atoms with van der Waals surface area (Å²) >= 11 is 0. The average Bonchev–Trinajstić information content (AvgIpc) is 2.39. The molecule has 3 aromatic rings. The van der Waals surface area contributed by atoms with E-state index in [0.717, 1.165) is 21.7 Å². The van der Waals surface area contributed by atoms with Gasteiger partial charge in [0.25, 0.3) is 0 Å². The molecule has 90 valence electrons. The maximum atomic E-state index is 13.4. The predicted molar refractivity (Wildman–Crippen MR) is 68.7 cm³/mol. The third kappa shape index (κ3) is 1.73. The molecule has 2 aromatic carbocycles. The second-order valence-corrected chi connectivity index (χ2v) is 4.29. The molecule has 0 amide bonds. The summed E-state index contributed by atoms with van der Waals surface area (Å²) in [5, 5.41) is 12.1. The third-order valence-corrected chi connectivity index (χ3v) is 3.15. The molecular weight excluding hydrogens is 229 g/mol. The zero-order chi connectivity index (χ0) is 12.5. The first-order valence-corrected chi connectivity index (χ1v) is 5.91. The number of aliphatic hydroxyl groups is 1. The highest BCUT2D eigenvalue weighted by molar-refractivity contribution is 6.03. The van der Waals surface area contributed by atoms with Gasteiger partial charge >= 0.3 is 0 Å². The molecule has 18 heavy (non-hydrogen) atoms. The van der Waals surface area contributed by atoms with E-state index >= 15 is 0 Å². The van der Waals surface area contributed by atoms with Gasteiger partial charge in [0.15, 0.2) is 12.7 Å². The first-order valence-electron chi connectivity index (χ1n) is 5.91. The first kappa shape index (κ1) is 11.1. The van der Waals surface area contributed by atoms with Crippen LogP contribution in [0.3, 0.4) is 0 Å². The molecule has 0 fully saturated rings. The molecule has 1 aromatic heterocycles. The van der Waals surface area contributed by atoms with Crippen LogP contribution in [0.1, 0.15) is 0 Å². The van der Waals surface area contributed by atoms with Crippen LogP contribution in [0, 0.1) is 5.82 Å². The van der Waals surface area contributed by atoms with Crippen molar-refractivity contribution in [1.29, 1.82) is 0 Å². The van der Waals surface area contributed by atoms with Gasteiger partial charge in [0.1, 0.15) is 12.4 Å². The molecule has 0 radical (unpaired) electrons. The van der Waals surface area contributed by atoms with Gasteiger partial charge in [0.05, 0.1) is 5.39 Å². The number of hydrogen-bond acceptors (Lipinski definition) is 1. The van der Waals surface area contributed by atoms with Crippen LogP contribution in [0.5, 0.6) is 0 Å². The van der Waals surface area contributed by atoms with Crippen LogP contribution < -0.4 is 4.57 Å². The number of benzene rings is 2. The molecule has 0 saturated heterocycles. The molecule has 0 aliphatic rings. The number of pyridine rings is 1. The van der Waals surface area contributed by atoms with E-state index in [-0.39, 0.29) is 12.4 Å². The maximum absolute atomic E-state index is 13.4. The quantitative estimate of drug-likeness (QED) is 0.541. The van der Waals surface area contributed by atoms with Gasteiger partial charge < -0.3 is 5.11 Å². The summed E-state index contributed by atoms with van der Waals surface area (Å²) in [5.41, 5.74) is 0.934. The molecule has 0 unspecified atom stereocenters. The van der Waals surface area contributed by atoms with Gasteiger partial charge in [-0.15, -0.1) is 0 Å². The van der Waals surface area contributed by atoms with Gasteiger partial charge in [0.2, 0.25) is 5.52 Å². The van der Waals surface area contributed by atoms with Crippen molar-refractivity contribution in [3.63, 3.8) is 0 Å². The SMILES string of the molecule is OCC[n+]1cc2ccccc2c2cc(F)ccc21. The van der Waals surface area contributed by atoms with Gasteiger partial charge in [-0.2, -0.15) is 4.57 Å². The standard InChI is InChI=1S/C15H13FNO/c16-12-5-6-15-14(9-12)13-4-2-1-3-11(13)10-17(15)7-8-18/h1-6,9-10,18H,7-8H2/q+1. The lowest BCUT2D eigenvalue weighted by molar-refractivity contribution is -0.671. The maximum Gasteiger partial charge on any atom is 0.213 e. The predicted octanol–water partition coefficient (Wildman–Crippen LogP) is 2.41. The summed E-state index contributed by atoms with van der Waals surface area (Å²) < 4.78 is 15.4. The zero-order valence-electron chi connectivity index (χ0n) is 9.81. The normalized spacial score (nSPS) is 11.2. The molecule has 2 nitrogen and oxygen atoms in total. The lowest BCUT2D eigenvalue weighted by Crippen LogP contribution is -2.36. The number of rotatable bonds is 2. The molecule has 0 aliphatic heterocycles. The van der Waals surface area contributed by atoms with Gasteiger partial charge in [-0.3, -0.25) is 0 Å². The highest BCUT2D eigenvalue weighted by Gasteiger charge is 2.13. The van der Waals surface area contributed by atoms with Gasteiger partial charge in [0, 0.05) is 16.8 Å². The molecule has 3 heteroatoms. The van der Waals surface area contributed by atoms with Crippen LogP contribution in [0.2, 0.25) is 0 Å². The van der Waals surface area contributed by atoms with Crippen molar-refractivity contribution < 1.29 is 14.1 Å². The molecular formula is C15H13FNO+. The van der Waals surface area contributed by atoms with Crippen LogP contribution in [-0.4, -0.2) is 11.7 Å². The molecule has 0 saturated carbocycles. The van der Waals surface area contributed by atoms with E-state index in [1.165, 1.54) is 6.07 Å². The number of halogens is 1. The van der Waals surface area contributed by atoms with Crippen molar-refractivity contribution in [2.45, 2.75) is 6.54 Å². The van der Waals surface area contributed by atoms with E-state index in [1.807, 2.05) is 35.0 Å². The first-order chi connectivity index (χ1) is 8.79. The van der Waals surface area contributed by atoms with Gasteiger partial charge in [-0.25, -0.2) is 4.39 Å². The number of fused-ring (bicyclic) bond motifs is 3. The van der Waals surface area contributed by atoms with Crippen molar-refractivity contribution in [2.75, 3.05) is 6.61 Å². The lowest BCUT2D eigenvalue weighted by atomic mass is 10.1. The molecule has 0 atom stereocenters.